The van der Waals surface area contributed by atoms with E-state index in [0.717, 1.165) is 11.4 Å². The molecule has 0 aliphatic carbocycles. The van der Waals surface area contributed by atoms with Crippen LogP contribution in [0, 0.1) is 6.92 Å². The molecule has 1 aromatic heterocycles. The fourth-order valence-corrected chi connectivity index (χ4v) is 1.09. The molecular formula is C12H19NO. The molecule has 0 aromatic carbocycles. The fraction of sp³-hybridized carbons (Fsp3) is 0.250. The molecule has 78 valence electrons. The van der Waals surface area contributed by atoms with Crippen molar-refractivity contribution in [2.75, 3.05) is 0 Å². The van der Waals surface area contributed by atoms with E-state index in [9.17, 15) is 4.79 Å². The van der Waals surface area contributed by atoms with Crippen molar-refractivity contribution in [1.82, 2.24) is 4.98 Å². The van der Waals surface area contributed by atoms with Crippen LogP contribution in [0.3, 0.4) is 0 Å². The normalized spacial score (nSPS) is 8.50. The third-order valence-corrected chi connectivity index (χ3v) is 1.64. The van der Waals surface area contributed by atoms with Crippen molar-refractivity contribution in [3.63, 3.8) is 0 Å². The van der Waals surface area contributed by atoms with E-state index in [1.165, 1.54) is 6.08 Å². The Hall–Kier alpha value is -1.57. The Morgan fingerprint density at radius 1 is 1.36 bits per heavy atom. The molecule has 0 radical (unpaired) electrons. The third-order valence-electron chi connectivity index (χ3n) is 1.64. The van der Waals surface area contributed by atoms with Gasteiger partial charge in [-0.05, 0) is 13.0 Å². The van der Waals surface area contributed by atoms with Gasteiger partial charge in [-0.25, -0.2) is 0 Å². The smallest absolute Gasteiger partial charge is 0.189 e. The summed E-state index contributed by atoms with van der Waals surface area (Å²) >= 11 is 0. The van der Waals surface area contributed by atoms with Crippen LogP contribution in [-0.4, -0.2) is 4.98 Å². The monoisotopic (exact) mass is 193 g/mol. The van der Waals surface area contributed by atoms with E-state index >= 15 is 0 Å². The molecule has 0 aliphatic heterocycles. The lowest BCUT2D eigenvalue weighted by atomic mass is 10.1. The molecule has 2 heteroatoms. The predicted octanol–water partition coefficient (Wildman–Crippen LogP) is 3.24. The van der Waals surface area contributed by atoms with Gasteiger partial charge in [-0.15, -0.1) is 0 Å². The molecule has 0 saturated heterocycles. The molecule has 0 amide bonds. The molecule has 0 saturated carbocycles. The Morgan fingerprint density at radius 2 is 1.93 bits per heavy atom. The molecule has 1 N–H and O–H groups in total. The quantitative estimate of drug-likeness (QED) is 0.768. The van der Waals surface area contributed by atoms with E-state index in [0.29, 0.717) is 5.56 Å². The first-order valence-corrected chi connectivity index (χ1v) is 4.68. The number of hydrogen-bond acceptors (Lipinski definition) is 1. The first-order valence-electron chi connectivity index (χ1n) is 4.68. The summed E-state index contributed by atoms with van der Waals surface area (Å²) in [6.07, 6.45) is 3.15. The van der Waals surface area contributed by atoms with Crippen molar-refractivity contribution in [3.8, 4) is 0 Å². The van der Waals surface area contributed by atoms with Crippen LogP contribution in [0.4, 0.5) is 0 Å². The zero-order valence-electron chi connectivity index (χ0n) is 9.05. The van der Waals surface area contributed by atoms with E-state index in [4.69, 9.17) is 0 Å². The van der Waals surface area contributed by atoms with Gasteiger partial charge in [0.2, 0.25) is 0 Å². The minimum atomic E-state index is -0.0175. The molecular weight excluding hydrogens is 174 g/mol. The Balaban J connectivity index is 0. The molecule has 14 heavy (non-hydrogen) atoms. The number of rotatable bonds is 2. The van der Waals surface area contributed by atoms with Gasteiger partial charge in [0, 0.05) is 24.4 Å². The van der Waals surface area contributed by atoms with Crippen molar-refractivity contribution < 1.29 is 1.43 Å². The summed E-state index contributed by atoms with van der Waals surface area (Å²) in [6, 6.07) is 1.55. The lowest BCUT2D eigenvalue weighted by Gasteiger charge is -2.01. The summed E-state index contributed by atoms with van der Waals surface area (Å²) in [6.45, 7) is 13.0. The summed E-state index contributed by atoms with van der Waals surface area (Å²) in [5.41, 5.74) is 2.13. The summed E-state index contributed by atoms with van der Waals surface area (Å²) < 4.78 is 0. The van der Waals surface area contributed by atoms with Crippen LogP contribution in [0.15, 0.2) is 24.0 Å². The molecule has 0 bridgehead atoms. The minimum Gasteiger partial charge on any atom is -0.358 e. The van der Waals surface area contributed by atoms with Gasteiger partial charge in [-0.3, -0.25) is 4.79 Å². The van der Waals surface area contributed by atoms with Crippen LogP contribution in [0.2, 0.25) is 0 Å². The lowest BCUT2D eigenvalue weighted by molar-refractivity contribution is 1.16. The summed E-state index contributed by atoms with van der Waals surface area (Å²) in [5.74, 6) is 0. The average Bonchev–Trinajstić information content (AvgIpc) is 2.19. The SMILES string of the molecule is C=Cc1[nH]c(C)cc(=O)c1C=C.CC.[HH]. The molecule has 1 rings (SSSR count). The van der Waals surface area contributed by atoms with E-state index < -0.39 is 0 Å². The summed E-state index contributed by atoms with van der Waals surface area (Å²) in [4.78, 5) is 14.3. The van der Waals surface area contributed by atoms with Crippen LogP contribution in [0.5, 0.6) is 0 Å². The highest BCUT2D eigenvalue weighted by Crippen LogP contribution is 2.04. The maximum absolute atomic E-state index is 11.3. The highest BCUT2D eigenvalue weighted by molar-refractivity contribution is 5.60. The second-order valence-corrected chi connectivity index (χ2v) is 2.55. The zero-order valence-corrected chi connectivity index (χ0v) is 9.05. The van der Waals surface area contributed by atoms with Gasteiger partial charge in [-0.2, -0.15) is 0 Å². The number of aromatic nitrogens is 1. The minimum absolute atomic E-state index is 0. The summed E-state index contributed by atoms with van der Waals surface area (Å²) in [7, 11) is 0. The fourth-order valence-electron chi connectivity index (χ4n) is 1.09. The number of hydrogen-bond donors (Lipinski definition) is 1. The van der Waals surface area contributed by atoms with Crippen LogP contribution in [-0.2, 0) is 0 Å². The Kier molecular flexibility index (Phi) is 5.30. The van der Waals surface area contributed by atoms with Gasteiger partial charge < -0.3 is 4.98 Å². The molecule has 0 atom stereocenters. The zero-order chi connectivity index (χ0) is 11.1. The van der Waals surface area contributed by atoms with Gasteiger partial charge in [0.15, 0.2) is 5.43 Å². The first kappa shape index (κ1) is 12.4. The maximum atomic E-state index is 11.3. The van der Waals surface area contributed by atoms with Crippen LogP contribution >= 0.6 is 0 Å². The number of aromatic amines is 1. The Labute approximate surface area is 86.5 Å². The largest absolute Gasteiger partial charge is 0.358 e. The van der Waals surface area contributed by atoms with Gasteiger partial charge in [0.1, 0.15) is 0 Å². The highest BCUT2D eigenvalue weighted by atomic mass is 16.1. The lowest BCUT2D eigenvalue weighted by Crippen LogP contribution is -2.08. The first-order chi connectivity index (χ1) is 6.69. The standard InChI is InChI=1S/C10H11NO.C2H6.H2/c1-4-8-9(5-2)11-7(3)6-10(8)12;1-2;/h4-6H,1-2H2,3H3,(H,11,12);1-2H3;1H. The molecule has 1 aromatic rings. The van der Waals surface area contributed by atoms with Gasteiger partial charge in [0.05, 0.1) is 0 Å². The molecule has 0 spiro atoms. The highest BCUT2D eigenvalue weighted by Gasteiger charge is 2.00. The van der Waals surface area contributed by atoms with Gasteiger partial charge >= 0.3 is 0 Å². The van der Waals surface area contributed by atoms with E-state index in [-0.39, 0.29) is 6.86 Å². The van der Waals surface area contributed by atoms with Crippen molar-refractivity contribution in [2.45, 2.75) is 20.8 Å². The van der Waals surface area contributed by atoms with Crippen LogP contribution < -0.4 is 5.43 Å². The average molecular weight is 193 g/mol. The van der Waals surface area contributed by atoms with Crippen molar-refractivity contribution >= 4 is 12.2 Å². The molecule has 0 unspecified atom stereocenters. The number of H-pyrrole nitrogens is 1. The predicted molar refractivity (Wildman–Crippen MR) is 65.4 cm³/mol. The van der Waals surface area contributed by atoms with Crippen molar-refractivity contribution in [1.29, 1.82) is 0 Å². The second-order valence-electron chi connectivity index (χ2n) is 2.55. The van der Waals surface area contributed by atoms with Crippen LogP contribution in [0.25, 0.3) is 12.2 Å². The molecule has 1 heterocycles. The van der Waals surface area contributed by atoms with Gasteiger partial charge in [0.25, 0.3) is 0 Å². The van der Waals surface area contributed by atoms with Crippen molar-refractivity contribution in [3.05, 3.63) is 46.4 Å². The third kappa shape index (κ3) is 2.73. The Morgan fingerprint density at radius 3 is 2.36 bits per heavy atom. The Bertz CT molecular complexity index is 380. The number of nitrogens with one attached hydrogen (secondary N) is 1. The van der Waals surface area contributed by atoms with E-state index in [1.807, 2.05) is 20.8 Å². The molecule has 0 fully saturated rings. The van der Waals surface area contributed by atoms with Crippen molar-refractivity contribution in [2.24, 2.45) is 0 Å². The van der Waals surface area contributed by atoms with E-state index in [2.05, 4.69) is 18.1 Å². The van der Waals surface area contributed by atoms with E-state index in [1.54, 1.807) is 12.1 Å². The second kappa shape index (κ2) is 5.97. The maximum Gasteiger partial charge on any atom is 0.189 e. The number of pyridine rings is 1. The molecule has 0 aliphatic rings. The molecule has 2 nitrogen and oxygen atoms in total. The van der Waals surface area contributed by atoms with Gasteiger partial charge in [-0.1, -0.05) is 33.1 Å². The topological polar surface area (TPSA) is 32.9 Å². The summed E-state index contributed by atoms with van der Waals surface area (Å²) in [5, 5.41) is 0. The van der Waals surface area contributed by atoms with Crippen LogP contribution in [0.1, 0.15) is 32.2 Å². The number of aryl methyl sites for hydroxylation is 1.